The van der Waals surface area contributed by atoms with Crippen molar-refractivity contribution < 1.29 is 5.11 Å². The summed E-state index contributed by atoms with van der Waals surface area (Å²) in [5.74, 6) is 1.58. The van der Waals surface area contributed by atoms with Crippen LogP contribution in [0.15, 0.2) is 41.6 Å². The van der Waals surface area contributed by atoms with Gasteiger partial charge in [0.2, 0.25) is 5.88 Å². The van der Waals surface area contributed by atoms with Gasteiger partial charge in [-0.1, -0.05) is 12.1 Å². The van der Waals surface area contributed by atoms with E-state index in [1.807, 2.05) is 11.8 Å². The van der Waals surface area contributed by atoms with Gasteiger partial charge in [-0.3, -0.25) is 0 Å². The normalized spacial score (nSPS) is 13.0. The van der Waals surface area contributed by atoms with Crippen LogP contribution in [-0.2, 0) is 0 Å². The molecule has 3 heterocycles. The number of anilines is 1. The fourth-order valence-corrected chi connectivity index (χ4v) is 3.06. The molecule has 0 atom stereocenters. The number of aryl methyl sites for hydroxylation is 1. The van der Waals surface area contributed by atoms with Gasteiger partial charge in [-0.15, -0.1) is 11.8 Å². The van der Waals surface area contributed by atoms with Crippen LogP contribution in [0.3, 0.4) is 0 Å². The summed E-state index contributed by atoms with van der Waals surface area (Å²) in [6, 6.07) is 10.0. The first-order chi connectivity index (χ1) is 10.1. The van der Waals surface area contributed by atoms with Crippen molar-refractivity contribution in [2.24, 2.45) is 0 Å². The average molecular weight is 301 g/mol. The molecule has 7 heteroatoms. The summed E-state index contributed by atoms with van der Waals surface area (Å²) in [4.78, 5) is 11.5. The molecule has 0 saturated heterocycles. The molecule has 4 rings (SSSR count). The van der Waals surface area contributed by atoms with Gasteiger partial charge in [-0.25, -0.2) is 4.98 Å². The zero-order valence-corrected chi connectivity index (χ0v) is 12.6. The maximum atomic E-state index is 9.26. The fourth-order valence-electron chi connectivity index (χ4n) is 2.04. The van der Waals surface area contributed by atoms with Crippen molar-refractivity contribution in [1.29, 1.82) is 0 Å². The van der Waals surface area contributed by atoms with Crippen LogP contribution in [0.2, 0.25) is 0 Å². The Balaban J connectivity index is 0.000000126. The molecule has 2 aromatic heterocycles. The molecule has 3 aromatic rings. The first-order valence-corrected chi connectivity index (χ1v) is 7.43. The summed E-state index contributed by atoms with van der Waals surface area (Å²) in [6.07, 6.45) is 1.35. The first kappa shape index (κ1) is 13.7. The molecule has 0 unspecified atom stereocenters. The van der Waals surface area contributed by atoms with Crippen LogP contribution in [0.5, 0.6) is 5.88 Å². The SMILES string of the molecule is CN1CSc2ccccc21.Cc1cc(O)n2ncnc2n1. The van der Waals surface area contributed by atoms with Crippen molar-refractivity contribution in [3.8, 4) is 5.88 Å². The molecule has 0 bridgehead atoms. The number of hydrogen-bond donors (Lipinski definition) is 1. The van der Waals surface area contributed by atoms with E-state index in [1.54, 1.807) is 6.92 Å². The minimum absolute atomic E-state index is 0.0602. The molecule has 0 aliphatic carbocycles. The summed E-state index contributed by atoms with van der Waals surface area (Å²) in [6.45, 7) is 1.79. The van der Waals surface area contributed by atoms with Crippen LogP contribution in [0, 0.1) is 6.92 Å². The monoisotopic (exact) mass is 301 g/mol. The Morgan fingerprint density at radius 2 is 2.10 bits per heavy atom. The Labute approximate surface area is 126 Å². The molecular formula is C14H15N5OS. The predicted octanol–water partition coefficient (Wildman–Crippen LogP) is 2.32. The third-order valence-corrected chi connectivity index (χ3v) is 4.22. The third kappa shape index (κ3) is 2.78. The molecule has 0 amide bonds. The van der Waals surface area contributed by atoms with Crippen LogP contribution < -0.4 is 4.90 Å². The molecule has 1 aromatic carbocycles. The van der Waals surface area contributed by atoms with Crippen molar-refractivity contribution in [1.82, 2.24) is 19.6 Å². The Kier molecular flexibility index (Phi) is 3.66. The van der Waals surface area contributed by atoms with Gasteiger partial charge < -0.3 is 10.0 Å². The van der Waals surface area contributed by atoms with Gasteiger partial charge in [-0.2, -0.15) is 14.6 Å². The van der Waals surface area contributed by atoms with Crippen LogP contribution in [0.1, 0.15) is 5.69 Å². The van der Waals surface area contributed by atoms with E-state index in [0.717, 1.165) is 11.6 Å². The second kappa shape index (κ2) is 5.61. The fraction of sp³-hybridized carbons (Fsp3) is 0.214. The van der Waals surface area contributed by atoms with Gasteiger partial charge in [0.1, 0.15) is 6.33 Å². The molecule has 108 valence electrons. The molecule has 6 nitrogen and oxygen atoms in total. The van der Waals surface area contributed by atoms with E-state index in [2.05, 4.69) is 51.3 Å². The predicted molar refractivity (Wildman–Crippen MR) is 82.8 cm³/mol. The standard InChI is InChI=1S/C8H9NS.C6H6N4O/c1-9-6-10-8-5-3-2-4-7(8)9;1-4-2-5(11)10-6(9-4)7-3-8-10/h2-5H,6H2,1H3;2-3,11H,1H3. The van der Waals surface area contributed by atoms with Gasteiger partial charge in [0.05, 0.1) is 11.6 Å². The molecule has 1 aliphatic heterocycles. The lowest BCUT2D eigenvalue weighted by Crippen LogP contribution is -2.10. The van der Waals surface area contributed by atoms with E-state index in [-0.39, 0.29) is 5.88 Å². The Morgan fingerprint density at radius 3 is 2.90 bits per heavy atom. The average Bonchev–Trinajstić information content (AvgIpc) is 3.07. The van der Waals surface area contributed by atoms with E-state index in [1.165, 1.54) is 27.5 Å². The van der Waals surface area contributed by atoms with Crippen LogP contribution in [0.4, 0.5) is 5.69 Å². The minimum atomic E-state index is 0.0602. The molecule has 0 radical (unpaired) electrons. The number of benzene rings is 1. The van der Waals surface area contributed by atoms with Crippen molar-refractivity contribution in [3.63, 3.8) is 0 Å². The van der Waals surface area contributed by atoms with Gasteiger partial charge in [0, 0.05) is 23.7 Å². The lowest BCUT2D eigenvalue weighted by Gasteiger charge is -2.08. The summed E-state index contributed by atoms with van der Waals surface area (Å²) < 4.78 is 1.27. The minimum Gasteiger partial charge on any atom is -0.493 e. The summed E-state index contributed by atoms with van der Waals surface area (Å²) in [7, 11) is 2.12. The van der Waals surface area contributed by atoms with Gasteiger partial charge in [0.25, 0.3) is 5.78 Å². The van der Waals surface area contributed by atoms with E-state index in [0.29, 0.717) is 5.78 Å². The number of aromatic hydroxyl groups is 1. The smallest absolute Gasteiger partial charge is 0.255 e. The number of thioether (sulfide) groups is 1. The highest BCUT2D eigenvalue weighted by atomic mass is 32.2. The second-order valence-electron chi connectivity index (χ2n) is 4.67. The zero-order chi connectivity index (χ0) is 14.8. The highest BCUT2D eigenvalue weighted by Crippen LogP contribution is 2.36. The molecule has 1 N–H and O–H groups in total. The largest absolute Gasteiger partial charge is 0.493 e. The number of fused-ring (bicyclic) bond motifs is 2. The summed E-state index contributed by atoms with van der Waals surface area (Å²) in [5.41, 5.74) is 2.09. The van der Waals surface area contributed by atoms with E-state index < -0.39 is 0 Å². The highest BCUT2D eigenvalue weighted by Gasteiger charge is 2.13. The van der Waals surface area contributed by atoms with Gasteiger partial charge >= 0.3 is 0 Å². The number of nitrogens with zero attached hydrogens (tertiary/aromatic N) is 5. The molecule has 21 heavy (non-hydrogen) atoms. The van der Waals surface area contributed by atoms with Gasteiger partial charge in [-0.05, 0) is 19.1 Å². The zero-order valence-electron chi connectivity index (χ0n) is 11.8. The second-order valence-corrected chi connectivity index (χ2v) is 5.65. The molecule has 1 aliphatic rings. The number of rotatable bonds is 0. The van der Waals surface area contributed by atoms with Crippen molar-refractivity contribution in [3.05, 3.63) is 42.4 Å². The van der Waals surface area contributed by atoms with Crippen molar-refractivity contribution >= 4 is 23.2 Å². The van der Waals surface area contributed by atoms with E-state index in [9.17, 15) is 5.11 Å². The molecular weight excluding hydrogens is 286 g/mol. The van der Waals surface area contributed by atoms with Crippen LogP contribution in [-0.4, -0.2) is 37.6 Å². The van der Waals surface area contributed by atoms with Crippen molar-refractivity contribution in [2.45, 2.75) is 11.8 Å². The number of para-hydroxylation sites is 1. The molecule has 0 saturated carbocycles. The Morgan fingerprint density at radius 1 is 1.29 bits per heavy atom. The lowest BCUT2D eigenvalue weighted by molar-refractivity contribution is 0.434. The van der Waals surface area contributed by atoms with E-state index >= 15 is 0 Å². The Hall–Kier alpha value is -2.28. The first-order valence-electron chi connectivity index (χ1n) is 6.44. The topological polar surface area (TPSA) is 66.5 Å². The van der Waals surface area contributed by atoms with Crippen LogP contribution >= 0.6 is 11.8 Å². The van der Waals surface area contributed by atoms with Gasteiger partial charge in [0.15, 0.2) is 0 Å². The number of aromatic nitrogens is 4. The summed E-state index contributed by atoms with van der Waals surface area (Å²) in [5, 5.41) is 13.0. The van der Waals surface area contributed by atoms with E-state index in [4.69, 9.17) is 0 Å². The lowest BCUT2D eigenvalue weighted by atomic mass is 10.3. The maximum absolute atomic E-state index is 9.26. The summed E-state index contributed by atoms with van der Waals surface area (Å²) >= 11 is 1.90. The third-order valence-electron chi connectivity index (χ3n) is 3.05. The van der Waals surface area contributed by atoms with Crippen molar-refractivity contribution in [2.75, 3.05) is 17.8 Å². The highest BCUT2D eigenvalue weighted by molar-refractivity contribution is 7.99. The quantitative estimate of drug-likeness (QED) is 0.687. The molecule has 0 spiro atoms. The molecule has 0 fully saturated rings. The number of hydrogen-bond acceptors (Lipinski definition) is 6. The van der Waals surface area contributed by atoms with Crippen LogP contribution in [0.25, 0.3) is 5.78 Å². The Bertz CT molecular complexity index is 773. The maximum Gasteiger partial charge on any atom is 0.255 e.